The van der Waals surface area contributed by atoms with Crippen LogP contribution < -0.4 is 5.32 Å². The van der Waals surface area contributed by atoms with Crippen LogP contribution in [0.4, 0.5) is 5.82 Å². The van der Waals surface area contributed by atoms with E-state index in [0.29, 0.717) is 6.04 Å². The highest BCUT2D eigenvalue weighted by atomic mass is 16.5. The van der Waals surface area contributed by atoms with Gasteiger partial charge in [0, 0.05) is 6.04 Å². The van der Waals surface area contributed by atoms with Crippen molar-refractivity contribution in [2.75, 3.05) is 12.4 Å². The zero-order valence-electron chi connectivity index (χ0n) is 12.7. The molecule has 0 aromatic carbocycles. The largest absolute Gasteiger partial charge is 0.464 e. The van der Waals surface area contributed by atoms with Gasteiger partial charge in [-0.25, -0.2) is 4.79 Å². The smallest absolute Gasteiger partial charge is 0.358 e. The summed E-state index contributed by atoms with van der Waals surface area (Å²) in [6, 6.07) is 3.86. The van der Waals surface area contributed by atoms with Crippen molar-refractivity contribution in [2.24, 2.45) is 17.8 Å². The Hall–Kier alpha value is -1.65. The average molecular weight is 289 g/mol. The number of methoxy groups -OCH3 is 1. The number of fused-ring (bicyclic) bond motifs is 3. The van der Waals surface area contributed by atoms with Gasteiger partial charge < -0.3 is 10.1 Å². The molecule has 21 heavy (non-hydrogen) atoms. The van der Waals surface area contributed by atoms with E-state index in [9.17, 15) is 4.79 Å². The lowest BCUT2D eigenvalue weighted by molar-refractivity contribution is 0.0592. The number of rotatable bonds is 4. The van der Waals surface area contributed by atoms with Gasteiger partial charge in [0.2, 0.25) is 0 Å². The van der Waals surface area contributed by atoms with Gasteiger partial charge in [-0.2, -0.15) is 0 Å². The molecule has 114 valence electrons. The van der Waals surface area contributed by atoms with Crippen LogP contribution in [0.15, 0.2) is 12.1 Å². The minimum absolute atomic E-state index is 0.243. The number of ether oxygens (including phenoxy) is 1. The molecule has 5 nitrogen and oxygen atoms in total. The molecule has 3 fully saturated rings. The summed E-state index contributed by atoms with van der Waals surface area (Å²) in [6.45, 7) is 2.24. The van der Waals surface area contributed by atoms with E-state index in [1.54, 1.807) is 12.1 Å². The number of hydrogen-bond donors (Lipinski definition) is 1. The summed E-state index contributed by atoms with van der Waals surface area (Å²) in [5, 5.41) is 11.4. The lowest BCUT2D eigenvalue weighted by atomic mass is 9.63. The van der Waals surface area contributed by atoms with Crippen molar-refractivity contribution in [3.63, 3.8) is 0 Å². The third-order valence-corrected chi connectivity index (χ3v) is 5.18. The Bertz CT molecular complexity index is 495. The molecule has 1 N–H and O–H groups in total. The number of carbonyl (C=O) groups is 1. The molecule has 1 heterocycles. The third-order valence-electron chi connectivity index (χ3n) is 5.18. The predicted molar refractivity (Wildman–Crippen MR) is 80.0 cm³/mol. The Labute approximate surface area is 125 Å². The fourth-order valence-corrected chi connectivity index (χ4v) is 4.00. The molecule has 3 aliphatic carbocycles. The fourth-order valence-electron chi connectivity index (χ4n) is 4.00. The molecule has 0 spiro atoms. The molecule has 3 saturated carbocycles. The van der Waals surface area contributed by atoms with E-state index in [4.69, 9.17) is 0 Å². The Morgan fingerprint density at radius 1 is 1.29 bits per heavy atom. The van der Waals surface area contributed by atoms with Crippen molar-refractivity contribution >= 4 is 11.8 Å². The van der Waals surface area contributed by atoms with E-state index in [0.717, 1.165) is 23.6 Å². The number of anilines is 1. The maximum Gasteiger partial charge on any atom is 0.358 e. The molecule has 3 aliphatic rings. The molecule has 0 radical (unpaired) electrons. The summed E-state index contributed by atoms with van der Waals surface area (Å²) < 4.78 is 4.62. The molecule has 4 rings (SSSR count). The normalized spacial score (nSPS) is 29.0. The Morgan fingerprint density at radius 2 is 2.05 bits per heavy atom. The fraction of sp³-hybridized carbons (Fsp3) is 0.688. The van der Waals surface area contributed by atoms with Gasteiger partial charge in [-0.3, -0.25) is 0 Å². The zero-order chi connectivity index (χ0) is 14.8. The van der Waals surface area contributed by atoms with Crippen LogP contribution in [-0.4, -0.2) is 29.3 Å². The van der Waals surface area contributed by atoms with E-state index in [2.05, 4.69) is 27.2 Å². The van der Waals surface area contributed by atoms with Crippen molar-refractivity contribution in [2.45, 2.75) is 45.1 Å². The molecule has 2 unspecified atom stereocenters. The second-order valence-corrected chi connectivity index (χ2v) is 6.41. The summed E-state index contributed by atoms with van der Waals surface area (Å²) in [5.41, 5.74) is 0.243. The standard InChI is InChI=1S/C16H23N3O2/c1-10(13-9-11-3-5-12(13)6-4-11)17-15-8-7-14(18-19-15)16(20)21-2/h7-8,10-13H,3-6,9H2,1-2H3,(H,17,19). The van der Waals surface area contributed by atoms with E-state index in [-0.39, 0.29) is 5.69 Å². The molecule has 2 bridgehead atoms. The lowest BCUT2D eigenvalue weighted by Gasteiger charge is -2.45. The van der Waals surface area contributed by atoms with Gasteiger partial charge >= 0.3 is 5.97 Å². The molecule has 1 aromatic heterocycles. The first-order valence-electron chi connectivity index (χ1n) is 7.86. The maximum atomic E-state index is 11.3. The van der Waals surface area contributed by atoms with Gasteiger partial charge in [0.05, 0.1) is 7.11 Å². The highest BCUT2D eigenvalue weighted by Gasteiger charge is 2.38. The summed E-state index contributed by atoms with van der Waals surface area (Å²) in [6.07, 6.45) is 6.94. The predicted octanol–water partition coefficient (Wildman–Crippen LogP) is 2.89. The summed E-state index contributed by atoms with van der Waals surface area (Å²) in [7, 11) is 1.34. The van der Waals surface area contributed by atoms with Crippen LogP contribution in [-0.2, 0) is 4.74 Å². The Morgan fingerprint density at radius 3 is 2.57 bits per heavy atom. The Kier molecular flexibility index (Phi) is 4.08. The first-order valence-corrected chi connectivity index (χ1v) is 7.86. The van der Waals surface area contributed by atoms with Gasteiger partial charge in [0.15, 0.2) is 5.69 Å². The Balaban J connectivity index is 1.62. The monoisotopic (exact) mass is 289 g/mol. The van der Waals surface area contributed by atoms with Gasteiger partial charge in [0.25, 0.3) is 0 Å². The van der Waals surface area contributed by atoms with Crippen LogP contribution in [0.5, 0.6) is 0 Å². The second-order valence-electron chi connectivity index (χ2n) is 6.41. The number of esters is 1. The first kappa shape index (κ1) is 14.3. The molecular formula is C16H23N3O2. The molecular weight excluding hydrogens is 266 g/mol. The van der Waals surface area contributed by atoms with Gasteiger partial charge in [-0.05, 0) is 56.1 Å². The quantitative estimate of drug-likeness (QED) is 0.863. The van der Waals surface area contributed by atoms with E-state index >= 15 is 0 Å². The summed E-state index contributed by atoms with van der Waals surface area (Å²) in [4.78, 5) is 11.3. The maximum absolute atomic E-state index is 11.3. The summed E-state index contributed by atoms with van der Waals surface area (Å²) in [5.74, 6) is 2.81. The minimum atomic E-state index is -0.452. The van der Waals surface area contributed by atoms with Crippen molar-refractivity contribution in [3.05, 3.63) is 17.8 Å². The first-order chi connectivity index (χ1) is 10.2. The SMILES string of the molecule is COC(=O)c1ccc(NC(C)C2CC3CCC2CC3)nn1. The third kappa shape index (κ3) is 3.01. The number of aromatic nitrogens is 2. The number of hydrogen-bond acceptors (Lipinski definition) is 5. The second kappa shape index (κ2) is 6.00. The topological polar surface area (TPSA) is 64.1 Å². The van der Waals surface area contributed by atoms with E-state index in [1.165, 1.54) is 39.2 Å². The highest BCUT2D eigenvalue weighted by Crippen LogP contribution is 2.46. The van der Waals surface area contributed by atoms with E-state index < -0.39 is 5.97 Å². The lowest BCUT2D eigenvalue weighted by Crippen LogP contribution is -2.40. The van der Waals surface area contributed by atoms with Crippen molar-refractivity contribution in [1.29, 1.82) is 0 Å². The van der Waals surface area contributed by atoms with Crippen molar-refractivity contribution in [1.82, 2.24) is 10.2 Å². The number of nitrogens with one attached hydrogen (secondary N) is 1. The van der Waals surface area contributed by atoms with E-state index in [1.807, 2.05) is 0 Å². The molecule has 1 aromatic rings. The highest BCUT2D eigenvalue weighted by molar-refractivity contribution is 5.86. The molecule has 0 saturated heterocycles. The minimum Gasteiger partial charge on any atom is -0.464 e. The van der Waals surface area contributed by atoms with Crippen molar-refractivity contribution in [3.8, 4) is 0 Å². The number of nitrogens with zero attached hydrogens (tertiary/aromatic N) is 2. The van der Waals surface area contributed by atoms with Crippen LogP contribution in [0, 0.1) is 17.8 Å². The van der Waals surface area contributed by atoms with Crippen LogP contribution in [0.3, 0.4) is 0 Å². The molecule has 0 aliphatic heterocycles. The zero-order valence-corrected chi connectivity index (χ0v) is 12.7. The van der Waals surface area contributed by atoms with Gasteiger partial charge in [-0.1, -0.05) is 12.8 Å². The molecule has 0 amide bonds. The molecule has 5 heteroatoms. The van der Waals surface area contributed by atoms with Crippen LogP contribution in [0.1, 0.15) is 49.5 Å². The summed E-state index contributed by atoms with van der Waals surface area (Å²) >= 11 is 0. The van der Waals surface area contributed by atoms with Crippen LogP contribution in [0.25, 0.3) is 0 Å². The van der Waals surface area contributed by atoms with Crippen molar-refractivity contribution < 1.29 is 9.53 Å². The van der Waals surface area contributed by atoms with Crippen LogP contribution >= 0.6 is 0 Å². The number of carbonyl (C=O) groups excluding carboxylic acids is 1. The van der Waals surface area contributed by atoms with Gasteiger partial charge in [0.1, 0.15) is 5.82 Å². The average Bonchev–Trinajstić information content (AvgIpc) is 2.55. The van der Waals surface area contributed by atoms with Gasteiger partial charge in [-0.15, -0.1) is 10.2 Å². The van der Waals surface area contributed by atoms with Crippen LogP contribution in [0.2, 0.25) is 0 Å². The molecule has 2 atom stereocenters.